The van der Waals surface area contributed by atoms with Crippen molar-refractivity contribution >= 4 is 45.0 Å². The lowest BCUT2D eigenvalue weighted by molar-refractivity contribution is 0.0621. The molecule has 4 rings (SSSR count). The number of aromatic nitrogens is 4. The number of carbonyl (C=O) groups is 1. The highest BCUT2D eigenvalue weighted by Crippen LogP contribution is 2.23. The minimum Gasteiger partial charge on any atom is -0.335 e. The predicted molar refractivity (Wildman–Crippen MR) is 125 cm³/mol. The Balaban J connectivity index is 1.34. The Bertz CT molecular complexity index is 1100. The zero-order valence-electron chi connectivity index (χ0n) is 17.4. The Morgan fingerprint density at radius 1 is 1.10 bits per heavy atom. The lowest BCUT2D eigenvalue weighted by Crippen LogP contribution is -2.48. The molecule has 1 amide bonds. The molecule has 0 radical (unpaired) electrons. The van der Waals surface area contributed by atoms with Crippen LogP contribution in [0.15, 0.2) is 34.9 Å². The Labute approximate surface area is 199 Å². The van der Waals surface area contributed by atoms with Crippen molar-refractivity contribution in [3.05, 3.63) is 67.6 Å². The van der Waals surface area contributed by atoms with Crippen LogP contribution in [0.5, 0.6) is 0 Å². The van der Waals surface area contributed by atoms with Gasteiger partial charge in [0.1, 0.15) is 12.4 Å². The Morgan fingerprint density at radius 3 is 2.48 bits per heavy atom. The number of hydrogen-bond acceptors (Lipinski definition) is 4. The van der Waals surface area contributed by atoms with Crippen molar-refractivity contribution in [2.75, 3.05) is 26.2 Å². The van der Waals surface area contributed by atoms with Gasteiger partial charge in [0.25, 0.3) is 5.91 Å². The summed E-state index contributed by atoms with van der Waals surface area (Å²) in [6.07, 6.45) is 1.82. The highest BCUT2D eigenvalue weighted by molar-refractivity contribution is 9.10. The zero-order valence-corrected chi connectivity index (χ0v) is 20.5. The molecule has 0 saturated carbocycles. The summed E-state index contributed by atoms with van der Waals surface area (Å²) in [4.78, 5) is 17.1. The topological polar surface area (TPSA) is 59.2 Å². The molecule has 0 atom stereocenters. The van der Waals surface area contributed by atoms with E-state index in [0.29, 0.717) is 35.5 Å². The second-order valence-electron chi connectivity index (χ2n) is 7.67. The van der Waals surface area contributed by atoms with Gasteiger partial charge in [0.05, 0.1) is 15.9 Å². The number of benzene rings is 1. The molecule has 3 heterocycles. The van der Waals surface area contributed by atoms with Crippen molar-refractivity contribution in [3.8, 4) is 0 Å². The third kappa shape index (κ3) is 4.98. The molecule has 0 N–H and O–H groups in total. The summed E-state index contributed by atoms with van der Waals surface area (Å²) in [7, 11) is 0. The second-order valence-corrected chi connectivity index (χ2v) is 9.31. The lowest BCUT2D eigenvalue weighted by Gasteiger charge is -2.34. The van der Waals surface area contributed by atoms with Crippen molar-refractivity contribution in [1.29, 1.82) is 0 Å². The van der Waals surface area contributed by atoms with Crippen molar-refractivity contribution in [3.63, 3.8) is 0 Å². The van der Waals surface area contributed by atoms with E-state index in [-0.39, 0.29) is 5.91 Å². The van der Waals surface area contributed by atoms with Gasteiger partial charge in [-0.2, -0.15) is 10.2 Å². The van der Waals surface area contributed by atoms with Crippen molar-refractivity contribution < 1.29 is 4.79 Å². The van der Waals surface area contributed by atoms with Crippen LogP contribution in [-0.2, 0) is 13.2 Å². The summed E-state index contributed by atoms with van der Waals surface area (Å²) in [5.41, 5.74) is 3.45. The molecule has 31 heavy (non-hydrogen) atoms. The molecule has 0 aliphatic carbocycles. The standard InChI is InChI=1S/C21H23BrCl2N6O/c1-14-20(22)15(2)30(25-14)13-29-6-5-19(26-29)21(31)28-9-7-27(8-10-28)12-16-3-4-17(23)11-18(16)24/h3-6,11H,7-10,12-13H2,1-2H3. The average molecular weight is 526 g/mol. The van der Waals surface area contributed by atoms with Crippen molar-refractivity contribution in [1.82, 2.24) is 29.4 Å². The van der Waals surface area contributed by atoms with Crippen LogP contribution in [0, 0.1) is 13.8 Å². The first-order valence-electron chi connectivity index (χ1n) is 10.0. The van der Waals surface area contributed by atoms with E-state index in [4.69, 9.17) is 23.2 Å². The van der Waals surface area contributed by atoms with Crippen LogP contribution < -0.4 is 0 Å². The van der Waals surface area contributed by atoms with Gasteiger partial charge >= 0.3 is 0 Å². The number of hydrogen-bond donors (Lipinski definition) is 0. The van der Waals surface area contributed by atoms with Crippen LogP contribution in [0.4, 0.5) is 0 Å². The smallest absolute Gasteiger partial charge is 0.274 e. The second kappa shape index (κ2) is 9.32. The Kier molecular flexibility index (Phi) is 6.71. The minimum atomic E-state index is -0.0440. The summed E-state index contributed by atoms with van der Waals surface area (Å²) in [5.74, 6) is -0.0440. The predicted octanol–water partition coefficient (Wildman–Crippen LogP) is 4.23. The van der Waals surface area contributed by atoms with E-state index in [1.54, 1.807) is 16.8 Å². The first kappa shape index (κ1) is 22.3. The SMILES string of the molecule is Cc1nn(Cn2ccc(C(=O)N3CCN(Cc4ccc(Cl)cc4Cl)CC3)n2)c(C)c1Br. The third-order valence-corrected chi connectivity index (χ3v) is 7.23. The maximum atomic E-state index is 12.9. The van der Waals surface area contributed by atoms with Crippen LogP contribution in [-0.4, -0.2) is 61.4 Å². The molecule has 164 valence electrons. The van der Waals surface area contributed by atoms with Gasteiger partial charge in [0.15, 0.2) is 0 Å². The number of piperazine rings is 1. The molecule has 0 unspecified atom stereocenters. The maximum absolute atomic E-state index is 12.9. The zero-order chi connectivity index (χ0) is 22.1. The van der Waals surface area contributed by atoms with Crippen LogP contribution >= 0.6 is 39.1 Å². The molecule has 0 spiro atoms. The van der Waals surface area contributed by atoms with E-state index in [0.717, 1.165) is 41.1 Å². The molecular formula is C21H23BrCl2N6O. The molecule has 1 fully saturated rings. The van der Waals surface area contributed by atoms with Gasteiger partial charge in [-0.25, -0.2) is 4.68 Å². The number of amides is 1. The summed E-state index contributed by atoms with van der Waals surface area (Å²) >= 11 is 15.8. The van der Waals surface area contributed by atoms with Crippen LogP contribution in [0.2, 0.25) is 10.0 Å². The summed E-state index contributed by atoms with van der Waals surface area (Å²) in [5, 5.41) is 10.3. The first-order valence-corrected chi connectivity index (χ1v) is 11.5. The fourth-order valence-corrected chi connectivity index (χ4v) is 4.42. The monoisotopic (exact) mass is 524 g/mol. The number of halogens is 3. The molecule has 1 saturated heterocycles. The van der Waals surface area contributed by atoms with Gasteiger partial charge in [0.2, 0.25) is 0 Å². The quantitative estimate of drug-likeness (QED) is 0.500. The van der Waals surface area contributed by atoms with Gasteiger partial charge in [-0.15, -0.1) is 0 Å². The molecule has 10 heteroatoms. The molecule has 1 aromatic carbocycles. The highest BCUT2D eigenvalue weighted by Gasteiger charge is 2.24. The summed E-state index contributed by atoms with van der Waals surface area (Å²) in [6.45, 7) is 8.02. The highest BCUT2D eigenvalue weighted by atomic mass is 79.9. The molecule has 1 aliphatic rings. The number of carbonyl (C=O) groups excluding carboxylic acids is 1. The summed E-state index contributed by atoms with van der Waals surface area (Å²) in [6, 6.07) is 7.34. The first-order chi connectivity index (χ1) is 14.8. The molecule has 1 aliphatic heterocycles. The largest absolute Gasteiger partial charge is 0.335 e. The van der Waals surface area contributed by atoms with Crippen LogP contribution in [0.25, 0.3) is 0 Å². The fraction of sp³-hybridized carbons (Fsp3) is 0.381. The molecule has 7 nitrogen and oxygen atoms in total. The number of aryl methyl sites for hydroxylation is 1. The molecule has 2 aromatic heterocycles. The molecule has 3 aromatic rings. The Hall–Kier alpha value is -1.87. The summed E-state index contributed by atoms with van der Waals surface area (Å²) < 4.78 is 4.59. The fourth-order valence-electron chi connectivity index (χ4n) is 3.67. The van der Waals surface area contributed by atoms with Gasteiger partial charge < -0.3 is 4.90 Å². The van der Waals surface area contributed by atoms with Crippen LogP contribution in [0.1, 0.15) is 27.4 Å². The van der Waals surface area contributed by atoms with E-state index in [2.05, 4.69) is 31.0 Å². The average Bonchev–Trinajstić information content (AvgIpc) is 3.31. The minimum absolute atomic E-state index is 0.0440. The van der Waals surface area contributed by atoms with E-state index in [1.165, 1.54) is 0 Å². The lowest BCUT2D eigenvalue weighted by atomic mass is 10.2. The Morgan fingerprint density at radius 2 is 1.84 bits per heavy atom. The van der Waals surface area contributed by atoms with Gasteiger partial charge in [0, 0.05) is 49.0 Å². The van der Waals surface area contributed by atoms with E-state index >= 15 is 0 Å². The normalized spacial score (nSPS) is 14.9. The van der Waals surface area contributed by atoms with E-state index in [1.807, 2.05) is 41.8 Å². The van der Waals surface area contributed by atoms with E-state index in [9.17, 15) is 4.79 Å². The maximum Gasteiger partial charge on any atom is 0.274 e. The molecule has 0 bridgehead atoms. The van der Waals surface area contributed by atoms with Gasteiger partial charge in [-0.1, -0.05) is 29.3 Å². The number of rotatable bonds is 5. The van der Waals surface area contributed by atoms with Gasteiger partial charge in [-0.05, 0) is 53.5 Å². The molecular weight excluding hydrogens is 503 g/mol. The van der Waals surface area contributed by atoms with Crippen molar-refractivity contribution in [2.24, 2.45) is 0 Å². The number of nitrogens with zero attached hydrogens (tertiary/aromatic N) is 6. The van der Waals surface area contributed by atoms with Crippen LogP contribution in [0.3, 0.4) is 0 Å². The van der Waals surface area contributed by atoms with Gasteiger partial charge in [-0.3, -0.25) is 14.4 Å². The van der Waals surface area contributed by atoms with E-state index < -0.39 is 0 Å². The van der Waals surface area contributed by atoms with Crippen molar-refractivity contribution in [2.45, 2.75) is 27.1 Å². The third-order valence-electron chi connectivity index (χ3n) is 5.50.